The Morgan fingerprint density at radius 1 is 1.15 bits per heavy atom. The van der Waals surface area contributed by atoms with E-state index < -0.39 is 0 Å². The van der Waals surface area contributed by atoms with Gasteiger partial charge >= 0.3 is 0 Å². The number of rotatable bonds is 4. The van der Waals surface area contributed by atoms with E-state index in [-0.39, 0.29) is 5.91 Å². The van der Waals surface area contributed by atoms with Crippen molar-refractivity contribution in [1.29, 1.82) is 5.26 Å². The van der Waals surface area contributed by atoms with Gasteiger partial charge in [-0.2, -0.15) is 5.26 Å². The number of methoxy groups -OCH3 is 1. The molecular formula is C21H22ClN3O2. The van der Waals surface area contributed by atoms with Crippen LogP contribution >= 0.6 is 11.6 Å². The highest BCUT2D eigenvalue weighted by molar-refractivity contribution is 6.30. The van der Waals surface area contributed by atoms with Gasteiger partial charge in [0, 0.05) is 37.7 Å². The summed E-state index contributed by atoms with van der Waals surface area (Å²) in [4.78, 5) is 17.2. The predicted molar refractivity (Wildman–Crippen MR) is 105 cm³/mol. The summed E-state index contributed by atoms with van der Waals surface area (Å²) in [5.41, 5.74) is 2.39. The van der Waals surface area contributed by atoms with Gasteiger partial charge in [0.2, 0.25) is 0 Å². The van der Waals surface area contributed by atoms with Crippen LogP contribution in [0.4, 0.5) is 0 Å². The largest absolute Gasteiger partial charge is 0.496 e. The minimum Gasteiger partial charge on any atom is -0.496 e. The van der Waals surface area contributed by atoms with Crippen molar-refractivity contribution < 1.29 is 9.53 Å². The number of benzene rings is 2. The minimum atomic E-state index is -0.0243. The Morgan fingerprint density at radius 2 is 1.93 bits per heavy atom. The molecule has 3 rings (SSSR count). The van der Waals surface area contributed by atoms with Gasteiger partial charge in [0.25, 0.3) is 5.91 Å². The highest BCUT2D eigenvalue weighted by Gasteiger charge is 2.23. The number of hydrogen-bond donors (Lipinski definition) is 0. The summed E-state index contributed by atoms with van der Waals surface area (Å²) < 4.78 is 5.32. The molecule has 0 atom stereocenters. The van der Waals surface area contributed by atoms with Crippen molar-refractivity contribution in [3.63, 3.8) is 0 Å². The van der Waals surface area contributed by atoms with E-state index in [9.17, 15) is 4.79 Å². The zero-order valence-corrected chi connectivity index (χ0v) is 16.1. The van der Waals surface area contributed by atoms with E-state index in [0.29, 0.717) is 35.0 Å². The van der Waals surface area contributed by atoms with Crippen LogP contribution in [0, 0.1) is 11.3 Å². The molecule has 0 radical (unpaired) electrons. The second-order valence-corrected chi connectivity index (χ2v) is 7.01. The molecule has 0 N–H and O–H groups in total. The average Bonchev–Trinajstić information content (AvgIpc) is 2.93. The first kappa shape index (κ1) is 19.2. The van der Waals surface area contributed by atoms with Gasteiger partial charge in [0.1, 0.15) is 5.75 Å². The van der Waals surface area contributed by atoms with Crippen LogP contribution < -0.4 is 4.74 Å². The number of nitrogens with zero attached hydrogens (tertiary/aromatic N) is 3. The summed E-state index contributed by atoms with van der Waals surface area (Å²) in [7, 11) is 1.55. The van der Waals surface area contributed by atoms with E-state index in [0.717, 1.165) is 26.1 Å². The molecular weight excluding hydrogens is 362 g/mol. The van der Waals surface area contributed by atoms with E-state index in [4.69, 9.17) is 21.6 Å². The molecule has 2 aromatic carbocycles. The van der Waals surface area contributed by atoms with Crippen LogP contribution in [0.3, 0.4) is 0 Å². The van der Waals surface area contributed by atoms with Crippen molar-refractivity contribution in [2.75, 3.05) is 33.3 Å². The molecule has 0 saturated carbocycles. The lowest BCUT2D eigenvalue weighted by Crippen LogP contribution is -2.35. The fourth-order valence-corrected chi connectivity index (χ4v) is 3.45. The topological polar surface area (TPSA) is 56.6 Å². The molecule has 1 aliphatic heterocycles. The van der Waals surface area contributed by atoms with Crippen LogP contribution in [0.15, 0.2) is 42.5 Å². The molecule has 0 spiro atoms. The maximum Gasteiger partial charge on any atom is 0.257 e. The molecule has 1 aliphatic rings. The highest BCUT2D eigenvalue weighted by Crippen LogP contribution is 2.25. The van der Waals surface area contributed by atoms with Gasteiger partial charge in [-0.05, 0) is 42.3 Å². The van der Waals surface area contributed by atoms with E-state index >= 15 is 0 Å². The van der Waals surface area contributed by atoms with Gasteiger partial charge in [-0.15, -0.1) is 0 Å². The summed E-state index contributed by atoms with van der Waals surface area (Å²) in [5, 5.41) is 9.45. The van der Waals surface area contributed by atoms with Crippen LogP contribution in [0.25, 0.3) is 0 Å². The zero-order chi connectivity index (χ0) is 19.2. The number of halogens is 1. The molecule has 140 valence electrons. The smallest absolute Gasteiger partial charge is 0.257 e. The van der Waals surface area contributed by atoms with Gasteiger partial charge in [0.05, 0.1) is 24.3 Å². The lowest BCUT2D eigenvalue weighted by molar-refractivity contribution is 0.0757. The van der Waals surface area contributed by atoms with Crippen molar-refractivity contribution in [2.24, 2.45) is 0 Å². The first-order valence-electron chi connectivity index (χ1n) is 8.95. The van der Waals surface area contributed by atoms with Crippen LogP contribution in [-0.2, 0) is 6.54 Å². The van der Waals surface area contributed by atoms with Crippen molar-refractivity contribution >= 4 is 17.5 Å². The fraction of sp³-hybridized carbons (Fsp3) is 0.333. The van der Waals surface area contributed by atoms with Crippen molar-refractivity contribution in [2.45, 2.75) is 13.0 Å². The number of amides is 1. The van der Waals surface area contributed by atoms with E-state index in [1.807, 2.05) is 29.2 Å². The van der Waals surface area contributed by atoms with Gasteiger partial charge in [0.15, 0.2) is 0 Å². The predicted octanol–water partition coefficient (Wildman–Crippen LogP) is 3.57. The summed E-state index contributed by atoms with van der Waals surface area (Å²) in [6.45, 7) is 3.94. The van der Waals surface area contributed by atoms with Gasteiger partial charge in [-0.25, -0.2) is 0 Å². The number of hydrogen-bond acceptors (Lipinski definition) is 4. The monoisotopic (exact) mass is 383 g/mol. The number of ether oxygens (including phenoxy) is 1. The van der Waals surface area contributed by atoms with Crippen molar-refractivity contribution in [1.82, 2.24) is 9.80 Å². The second kappa shape index (κ2) is 8.90. The van der Waals surface area contributed by atoms with Crippen LogP contribution in [0.1, 0.15) is 27.9 Å². The Morgan fingerprint density at radius 3 is 2.63 bits per heavy atom. The normalized spacial score (nSPS) is 15.1. The Labute approximate surface area is 164 Å². The Hall–Kier alpha value is -2.55. The summed E-state index contributed by atoms with van der Waals surface area (Å²) >= 11 is 6.00. The van der Waals surface area contributed by atoms with Crippen molar-refractivity contribution in [3.8, 4) is 11.8 Å². The van der Waals surface area contributed by atoms with E-state index in [1.54, 1.807) is 25.3 Å². The molecule has 1 amide bonds. The van der Waals surface area contributed by atoms with Gasteiger partial charge < -0.3 is 9.64 Å². The summed E-state index contributed by atoms with van der Waals surface area (Å²) in [6, 6.07) is 14.9. The maximum absolute atomic E-state index is 12.9. The molecule has 6 heteroatoms. The molecule has 1 saturated heterocycles. The molecule has 1 fully saturated rings. The molecule has 1 heterocycles. The molecule has 0 aliphatic carbocycles. The minimum absolute atomic E-state index is 0.0243. The molecule has 0 aromatic heterocycles. The lowest BCUT2D eigenvalue weighted by Gasteiger charge is -2.23. The average molecular weight is 384 g/mol. The van der Waals surface area contributed by atoms with Gasteiger partial charge in [-0.3, -0.25) is 9.69 Å². The first-order chi connectivity index (χ1) is 13.1. The van der Waals surface area contributed by atoms with Crippen LogP contribution in [-0.4, -0.2) is 49.0 Å². The van der Waals surface area contributed by atoms with Crippen LogP contribution in [0.2, 0.25) is 5.02 Å². The standard InChI is InChI=1S/C21H22ClN3O2/c1-27-20-13-18(22)7-8-19(20)21(26)25-10-2-9-24(11-12-25)15-17-5-3-16(14-23)4-6-17/h3-8,13H,2,9-12,15H2,1H3. The van der Waals surface area contributed by atoms with Crippen molar-refractivity contribution in [3.05, 3.63) is 64.2 Å². The SMILES string of the molecule is COc1cc(Cl)ccc1C(=O)N1CCCN(Cc2ccc(C#N)cc2)CC1. The quantitative estimate of drug-likeness (QED) is 0.809. The number of nitriles is 1. The third-order valence-electron chi connectivity index (χ3n) is 4.76. The van der Waals surface area contributed by atoms with E-state index in [1.165, 1.54) is 5.56 Å². The molecule has 0 bridgehead atoms. The highest BCUT2D eigenvalue weighted by atomic mass is 35.5. The van der Waals surface area contributed by atoms with Gasteiger partial charge in [-0.1, -0.05) is 23.7 Å². The first-order valence-corrected chi connectivity index (χ1v) is 9.32. The maximum atomic E-state index is 12.9. The summed E-state index contributed by atoms with van der Waals surface area (Å²) in [5.74, 6) is 0.481. The Balaban J connectivity index is 1.64. The number of carbonyl (C=O) groups excluding carboxylic acids is 1. The fourth-order valence-electron chi connectivity index (χ4n) is 3.29. The third kappa shape index (κ3) is 4.79. The molecule has 2 aromatic rings. The third-order valence-corrected chi connectivity index (χ3v) is 4.99. The molecule has 0 unspecified atom stereocenters. The summed E-state index contributed by atoms with van der Waals surface area (Å²) in [6.07, 6.45) is 0.915. The number of carbonyl (C=O) groups is 1. The Bertz CT molecular complexity index is 845. The lowest BCUT2D eigenvalue weighted by atomic mass is 10.1. The second-order valence-electron chi connectivity index (χ2n) is 6.58. The van der Waals surface area contributed by atoms with Crippen LogP contribution in [0.5, 0.6) is 5.75 Å². The zero-order valence-electron chi connectivity index (χ0n) is 15.3. The van der Waals surface area contributed by atoms with E-state index in [2.05, 4.69) is 11.0 Å². The molecule has 5 nitrogen and oxygen atoms in total. The molecule has 27 heavy (non-hydrogen) atoms. The Kier molecular flexibility index (Phi) is 6.33.